The highest BCUT2D eigenvalue weighted by molar-refractivity contribution is 7.91. The van der Waals surface area contributed by atoms with E-state index in [1.54, 1.807) is 11.4 Å². The summed E-state index contributed by atoms with van der Waals surface area (Å²) in [6, 6.07) is 5.21. The van der Waals surface area contributed by atoms with Crippen molar-refractivity contribution in [1.82, 2.24) is 19.8 Å². The van der Waals surface area contributed by atoms with Crippen molar-refractivity contribution in [2.75, 3.05) is 13.1 Å². The summed E-state index contributed by atoms with van der Waals surface area (Å²) in [5, 5.41) is 8.45. The fourth-order valence-corrected chi connectivity index (χ4v) is 6.32. The van der Waals surface area contributed by atoms with Crippen LogP contribution in [0.25, 0.3) is 11.4 Å². The number of sulfonamides is 1. The predicted molar refractivity (Wildman–Crippen MR) is 114 cm³/mol. The third-order valence-electron chi connectivity index (χ3n) is 5.19. The first-order valence-corrected chi connectivity index (χ1v) is 12.4. The average molecular weight is 465 g/mol. The van der Waals surface area contributed by atoms with Gasteiger partial charge in [-0.3, -0.25) is 4.79 Å². The summed E-state index contributed by atoms with van der Waals surface area (Å²) >= 11 is 1.12. The third kappa shape index (κ3) is 4.73. The Kier molecular flexibility index (Phi) is 6.26. The number of nitrogens with zero attached hydrogens (tertiary/aromatic N) is 3. The molecular weight excluding hydrogens is 440 g/mol. The van der Waals surface area contributed by atoms with Gasteiger partial charge in [0, 0.05) is 30.5 Å². The first-order valence-electron chi connectivity index (χ1n) is 10.1. The molecule has 3 aromatic heterocycles. The maximum atomic E-state index is 13.2. The molecule has 1 aliphatic heterocycles. The third-order valence-corrected chi connectivity index (χ3v) is 8.47. The molecule has 1 aliphatic rings. The Bertz CT molecular complexity index is 1160. The van der Waals surface area contributed by atoms with Crippen LogP contribution in [0.15, 0.2) is 36.7 Å². The number of furan rings is 1. The molecule has 9 nitrogen and oxygen atoms in total. The summed E-state index contributed by atoms with van der Waals surface area (Å²) in [7, 11) is -3.71. The number of hydrogen-bond acceptors (Lipinski definition) is 8. The van der Waals surface area contributed by atoms with Gasteiger partial charge in [0.2, 0.25) is 17.6 Å². The van der Waals surface area contributed by atoms with E-state index >= 15 is 0 Å². The van der Waals surface area contributed by atoms with Crippen LogP contribution < -0.4 is 5.32 Å². The van der Waals surface area contributed by atoms with Gasteiger partial charge in [0.15, 0.2) is 0 Å². The van der Waals surface area contributed by atoms with Gasteiger partial charge in [0.05, 0.1) is 12.5 Å². The maximum absolute atomic E-state index is 13.2. The Balaban J connectivity index is 1.42. The summed E-state index contributed by atoms with van der Waals surface area (Å²) in [6.45, 7) is 4.57. The van der Waals surface area contributed by atoms with Crippen LogP contribution in [-0.4, -0.2) is 41.9 Å². The average Bonchev–Trinajstić information content (AvgIpc) is 3.52. The Morgan fingerprint density at radius 3 is 2.94 bits per heavy atom. The first kappa shape index (κ1) is 21.7. The number of aromatic nitrogens is 2. The Morgan fingerprint density at radius 1 is 1.39 bits per heavy atom. The lowest BCUT2D eigenvalue weighted by atomic mass is 9.99. The second-order valence-electron chi connectivity index (χ2n) is 7.45. The first-order chi connectivity index (χ1) is 14.9. The van der Waals surface area contributed by atoms with Gasteiger partial charge in [-0.1, -0.05) is 12.1 Å². The number of rotatable bonds is 7. The van der Waals surface area contributed by atoms with Crippen LogP contribution >= 0.6 is 11.3 Å². The molecule has 31 heavy (non-hydrogen) atoms. The topological polar surface area (TPSA) is 119 Å². The smallest absolute Gasteiger partial charge is 0.252 e. The van der Waals surface area contributed by atoms with E-state index in [4.69, 9.17) is 8.94 Å². The number of aryl methyl sites for hydroxylation is 2. The molecule has 0 unspecified atom stereocenters. The van der Waals surface area contributed by atoms with E-state index in [0.29, 0.717) is 48.8 Å². The highest BCUT2D eigenvalue weighted by Crippen LogP contribution is 2.31. The summed E-state index contributed by atoms with van der Waals surface area (Å²) < 4.78 is 38.5. The molecule has 4 rings (SSSR count). The van der Waals surface area contributed by atoms with Crippen molar-refractivity contribution in [2.45, 2.75) is 43.9 Å². The van der Waals surface area contributed by atoms with E-state index in [-0.39, 0.29) is 23.2 Å². The van der Waals surface area contributed by atoms with Gasteiger partial charge in [0.1, 0.15) is 15.7 Å². The number of carbonyl (C=O) groups excluding carboxylic acids is 1. The number of carbonyl (C=O) groups is 1. The van der Waals surface area contributed by atoms with Crippen LogP contribution in [0, 0.1) is 12.8 Å². The molecule has 3 aromatic rings. The van der Waals surface area contributed by atoms with E-state index in [0.717, 1.165) is 17.1 Å². The number of nitrogens with one attached hydrogen (secondary N) is 1. The molecule has 1 saturated heterocycles. The van der Waals surface area contributed by atoms with E-state index in [1.165, 1.54) is 4.31 Å². The fraction of sp³-hybridized carbons (Fsp3) is 0.450. The van der Waals surface area contributed by atoms with Gasteiger partial charge >= 0.3 is 0 Å². The lowest BCUT2D eigenvalue weighted by Crippen LogP contribution is -2.45. The largest absolute Gasteiger partial charge is 0.465 e. The zero-order valence-corrected chi connectivity index (χ0v) is 19.0. The zero-order valence-electron chi connectivity index (χ0n) is 17.3. The molecule has 1 N–H and O–H groups in total. The lowest BCUT2D eigenvalue weighted by Gasteiger charge is -2.30. The zero-order chi connectivity index (χ0) is 22.0. The number of piperidine rings is 1. The van der Waals surface area contributed by atoms with Crippen LogP contribution in [0.4, 0.5) is 0 Å². The minimum absolute atomic E-state index is 0.154. The predicted octanol–water partition coefficient (Wildman–Crippen LogP) is 2.98. The molecule has 0 spiro atoms. The summed E-state index contributed by atoms with van der Waals surface area (Å²) in [5.74, 6) is 1.76. The summed E-state index contributed by atoms with van der Waals surface area (Å²) in [6.07, 6.45) is 1.88. The van der Waals surface area contributed by atoms with Crippen molar-refractivity contribution in [2.24, 2.45) is 5.92 Å². The molecule has 0 radical (unpaired) electrons. The molecule has 166 valence electrons. The van der Waals surface area contributed by atoms with Crippen LogP contribution in [-0.2, 0) is 27.8 Å². The second-order valence-corrected chi connectivity index (χ2v) is 10.5. The number of thiophene rings is 1. The van der Waals surface area contributed by atoms with Gasteiger partial charge in [-0.25, -0.2) is 8.42 Å². The van der Waals surface area contributed by atoms with Crippen molar-refractivity contribution >= 4 is 27.3 Å². The van der Waals surface area contributed by atoms with Gasteiger partial charge in [0.25, 0.3) is 10.0 Å². The monoisotopic (exact) mass is 464 g/mol. The van der Waals surface area contributed by atoms with Crippen molar-refractivity contribution in [3.05, 3.63) is 41.0 Å². The van der Waals surface area contributed by atoms with Crippen molar-refractivity contribution in [3.63, 3.8) is 0 Å². The standard InChI is InChI=1S/C20H24N4O5S2/c1-3-17-22-19(23-29-17)15-9-18(30-12-15)31(26,27)24-8-4-5-14(11-24)20(25)21-10-16-7-6-13(2)28-16/h6-7,9,12,14H,3-5,8,10-11H2,1-2H3,(H,21,25)/t14-/m1/s1. The normalized spacial score (nSPS) is 17.7. The summed E-state index contributed by atoms with van der Waals surface area (Å²) in [5.41, 5.74) is 0.604. The van der Waals surface area contributed by atoms with E-state index in [1.807, 2.05) is 26.0 Å². The molecule has 0 bridgehead atoms. The van der Waals surface area contributed by atoms with Gasteiger partial charge in [-0.15, -0.1) is 11.3 Å². The minimum Gasteiger partial charge on any atom is -0.465 e. The molecule has 1 atom stereocenters. The van der Waals surface area contributed by atoms with Crippen molar-refractivity contribution in [1.29, 1.82) is 0 Å². The SMILES string of the molecule is CCc1nc(-c2csc(S(=O)(=O)N3CCC[C@@H](C(=O)NCc4ccc(C)o4)C3)c2)no1. The minimum atomic E-state index is -3.71. The fourth-order valence-electron chi connectivity index (χ4n) is 3.49. The van der Waals surface area contributed by atoms with Gasteiger partial charge < -0.3 is 14.3 Å². The van der Waals surface area contributed by atoms with E-state index < -0.39 is 15.9 Å². The molecule has 1 fully saturated rings. The van der Waals surface area contributed by atoms with Gasteiger partial charge in [-0.05, 0) is 38.0 Å². The highest BCUT2D eigenvalue weighted by Gasteiger charge is 2.34. The molecule has 0 aromatic carbocycles. The Hall–Kier alpha value is -2.50. The van der Waals surface area contributed by atoms with Crippen molar-refractivity contribution in [3.8, 4) is 11.4 Å². The van der Waals surface area contributed by atoms with Crippen molar-refractivity contribution < 1.29 is 22.2 Å². The molecule has 0 saturated carbocycles. The van der Waals surface area contributed by atoms with E-state index in [2.05, 4.69) is 15.5 Å². The quantitative estimate of drug-likeness (QED) is 0.571. The van der Waals surface area contributed by atoms with Gasteiger partial charge in [-0.2, -0.15) is 9.29 Å². The van der Waals surface area contributed by atoms with Crippen LogP contribution in [0.1, 0.15) is 37.2 Å². The Morgan fingerprint density at radius 2 is 2.23 bits per heavy atom. The van der Waals surface area contributed by atoms with Crippen LogP contribution in [0.5, 0.6) is 0 Å². The number of amides is 1. The molecule has 4 heterocycles. The van der Waals surface area contributed by atoms with Crippen LogP contribution in [0.2, 0.25) is 0 Å². The van der Waals surface area contributed by atoms with E-state index in [9.17, 15) is 13.2 Å². The summed E-state index contributed by atoms with van der Waals surface area (Å²) in [4.78, 5) is 16.9. The van der Waals surface area contributed by atoms with Crippen LogP contribution in [0.3, 0.4) is 0 Å². The Labute approximate surface area is 184 Å². The number of hydrogen-bond donors (Lipinski definition) is 1. The highest BCUT2D eigenvalue weighted by atomic mass is 32.2. The molecular formula is C20H24N4O5S2. The molecule has 11 heteroatoms. The second kappa shape index (κ2) is 8.93. The lowest BCUT2D eigenvalue weighted by molar-refractivity contribution is -0.126. The molecule has 0 aliphatic carbocycles. The molecule has 1 amide bonds. The maximum Gasteiger partial charge on any atom is 0.252 e.